The number of carboxylic acids is 1. The van der Waals surface area contributed by atoms with E-state index >= 15 is 0 Å². The van der Waals surface area contributed by atoms with Crippen LogP contribution in [0.3, 0.4) is 0 Å². The van der Waals surface area contributed by atoms with Gasteiger partial charge < -0.3 is 15.3 Å². The average molecular weight is 296 g/mol. The van der Waals surface area contributed by atoms with Crippen molar-refractivity contribution >= 4 is 23.4 Å². The highest BCUT2D eigenvalue weighted by Gasteiger charge is 2.23. The van der Waals surface area contributed by atoms with Crippen molar-refractivity contribution in [1.82, 2.24) is 10.3 Å². The molecule has 0 fully saturated rings. The first-order valence-corrected chi connectivity index (χ1v) is 6.08. The minimum Gasteiger partial charge on any atom is -0.477 e. The molecule has 0 spiro atoms. The first kappa shape index (κ1) is 16.3. The van der Waals surface area contributed by atoms with E-state index in [1.54, 1.807) is 18.9 Å². The predicted octanol–water partition coefficient (Wildman–Crippen LogP) is 0.506. The third-order valence-electron chi connectivity index (χ3n) is 2.93. The van der Waals surface area contributed by atoms with E-state index in [2.05, 4.69) is 10.3 Å². The van der Waals surface area contributed by atoms with Crippen molar-refractivity contribution in [3.63, 3.8) is 0 Å². The minimum atomic E-state index is -1.40. The molecule has 0 aliphatic rings. The van der Waals surface area contributed by atoms with Gasteiger partial charge in [0.1, 0.15) is 17.6 Å². The second-order valence-corrected chi connectivity index (χ2v) is 4.52. The maximum Gasteiger partial charge on any atom is 0.342 e. The van der Waals surface area contributed by atoms with Crippen molar-refractivity contribution in [3.8, 4) is 0 Å². The zero-order chi connectivity index (χ0) is 16.2. The summed E-state index contributed by atoms with van der Waals surface area (Å²) >= 11 is 0. The Morgan fingerprint density at radius 1 is 1.57 bits per heavy atom. The number of anilines is 1. The smallest absolute Gasteiger partial charge is 0.342 e. The standard InChI is InChI=1S/C12H16N4O5/c1-7(11(17)13-2)6-15(3)10-4-8(12(18)19)9(5-14-10)16(20)21/h4-5,7H,6H2,1-3H3,(H,13,17)(H,18,19). The van der Waals surface area contributed by atoms with Gasteiger partial charge in [0, 0.05) is 26.7 Å². The summed E-state index contributed by atoms with van der Waals surface area (Å²) < 4.78 is 0. The van der Waals surface area contributed by atoms with Crippen LogP contribution in [0.4, 0.5) is 11.5 Å². The number of aromatic nitrogens is 1. The molecule has 1 rings (SSSR count). The molecule has 0 radical (unpaired) electrons. The number of hydrogen-bond acceptors (Lipinski definition) is 6. The Balaban J connectivity index is 3.03. The predicted molar refractivity (Wildman–Crippen MR) is 74.4 cm³/mol. The third kappa shape index (κ3) is 3.88. The zero-order valence-corrected chi connectivity index (χ0v) is 11.9. The van der Waals surface area contributed by atoms with Crippen molar-refractivity contribution in [2.24, 2.45) is 5.92 Å². The van der Waals surface area contributed by atoms with E-state index in [1.165, 1.54) is 7.05 Å². The minimum absolute atomic E-state index is 0.165. The van der Waals surface area contributed by atoms with Crippen LogP contribution >= 0.6 is 0 Å². The molecule has 1 atom stereocenters. The van der Waals surface area contributed by atoms with Crippen molar-refractivity contribution in [1.29, 1.82) is 0 Å². The number of pyridine rings is 1. The highest BCUT2D eigenvalue weighted by Crippen LogP contribution is 2.22. The summed E-state index contributed by atoms with van der Waals surface area (Å²) in [5, 5.41) is 22.3. The van der Waals surface area contributed by atoms with Gasteiger partial charge in [0.25, 0.3) is 0 Å². The second kappa shape index (κ2) is 6.64. The Morgan fingerprint density at radius 2 is 2.19 bits per heavy atom. The van der Waals surface area contributed by atoms with Gasteiger partial charge in [0.15, 0.2) is 0 Å². The number of nitro groups is 1. The Kier molecular flexibility index (Phi) is 5.17. The first-order chi connectivity index (χ1) is 9.77. The number of hydrogen-bond donors (Lipinski definition) is 2. The summed E-state index contributed by atoms with van der Waals surface area (Å²) in [5.41, 5.74) is -1.01. The number of carboxylic acid groups (broad SMARTS) is 1. The quantitative estimate of drug-likeness (QED) is 0.578. The molecule has 0 bridgehead atoms. The van der Waals surface area contributed by atoms with Crippen LogP contribution in [-0.2, 0) is 4.79 Å². The monoisotopic (exact) mass is 296 g/mol. The summed E-state index contributed by atoms with van der Waals surface area (Å²) in [6.07, 6.45) is 0.903. The van der Waals surface area contributed by atoms with Crippen LogP contribution in [0.5, 0.6) is 0 Å². The topological polar surface area (TPSA) is 126 Å². The van der Waals surface area contributed by atoms with E-state index in [-0.39, 0.29) is 17.6 Å². The van der Waals surface area contributed by atoms with Crippen molar-refractivity contribution in [3.05, 3.63) is 27.9 Å². The lowest BCUT2D eigenvalue weighted by Crippen LogP contribution is -2.34. The van der Waals surface area contributed by atoms with Crippen molar-refractivity contribution in [2.45, 2.75) is 6.92 Å². The number of aromatic carboxylic acids is 1. The van der Waals surface area contributed by atoms with Crippen LogP contribution in [0.2, 0.25) is 0 Å². The molecule has 0 saturated heterocycles. The number of carbonyl (C=O) groups is 2. The summed E-state index contributed by atoms with van der Waals surface area (Å²) in [6, 6.07) is 1.12. The summed E-state index contributed by atoms with van der Waals surface area (Å²) in [4.78, 5) is 37.9. The molecule has 1 heterocycles. The molecular formula is C12H16N4O5. The lowest BCUT2D eigenvalue weighted by atomic mass is 10.1. The van der Waals surface area contributed by atoms with Crippen LogP contribution in [0, 0.1) is 16.0 Å². The maximum absolute atomic E-state index is 11.5. The fraction of sp³-hybridized carbons (Fsp3) is 0.417. The lowest BCUT2D eigenvalue weighted by molar-refractivity contribution is -0.385. The van der Waals surface area contributed by atoms with E-state index in [9.17, 15) is 19.7 Å². The molecule has 0 aliphatic carbocycles. The average Bonchev–Trinajstić information content (AvgIpc) is 2.45. The molecule has 0 aromatic carbocycles. The van der Waals surface area contributed by atoms with Gasteiger partial charge in [-0.2, -0.15) is 0 Å². The zero-order valence-electron chi connectivity index (χ0n) is 11.9. The molecule has 0 saturated carbocycles. The summed E-state index contributed by atoms with van der Waals surface area (Å²) in [5.74, 6) is -1.67. The molecule has 1 aromatic heterocycles. The fourth-order valence-corrected chi connectivity index (χ4v) is 1.80. The van der Waals surface area contributed by atoms with Gasteiger partial charge in [-0.05, 0) is 0 Å². The molecule has 1 unspecified atom stereocenters. The lowest BCUT2D eigenvalue weighted by Gasteiger charge is -2.21. The number of rotatable bonds is 6. The van der Waals surface area contributed by atoms with E-state index in [1.807, 2.05) is 0 Å². The SMILES string of the molecule is CNC(=O)C(C)CN(C)c1cc(C(=O)O)c([N+](=O)[O-])cn1. The molecule has 2 N–H and O–H groups in total. The van der Waals surface area contributed by atoms with Gasteiger partial charge in [-0.3, -0.25) is 14.9 Å². The van der Waals surface area contributed by atoms with Crippen LogP contribution in [-0.4, -0.2) is 47.5 Å². The Morgan fingerprint density at radius 3 is 2.67 bits per heavy atom. The summed E-state index contributed by atoms with van der Waals surface area (Å²) in [7, 11) is 3.14. The fourth-order valence-electron chi connectivity index (χ4n) is 1.80. The molecule has 114 valence electrons. The second-order valence-electron chi connectivity index (χ2n) is 4.52. The largest absolute Gasteiger partial charge is 0.477 e. The van der Waals surface area contributed by atoms with E-state index < -0.39 is 22.1 Å². The van der Waals surface area contributed by atoms with Crippen LogP contribution in [0.25, 0.3) is 0 Å². The first-order valence-electron chi connectivity index (χ1n) is 6.08. The molecule has 21 heavy (non-hydrogen) atoms. The van der Waals surface area contributed by atoms with Gasteiger partial charge in [-0.15, -0.1) is 0 Å². The number of nitrogens with one attached hydrogen (secondary N) is 1. The van der Waals surface area contributed by atoms with E-state index in [0.717, 1.165) is 12.3 Å². The molecule has 9 heteroatoms. The number of amides is 1. The van der Waals surface area contributed by atoms with Gasteiger partial charge in [-0.1, -0.05) is 6.92 Å². The Hall–Kier alpha value is -2.71. The molecular weight excluding hydrogens is 280 g/mol. The Bertz CT molecular complexity index is 575. The van der Waals surface area contributed by atoms with Gasteiger partial charge >= 0.3 is 11.7 Å². The molecule has 0 aliphatic heterocycles. The number of nitrogens with zero attached hydrogens (tertiary/aromatic N) is 3. The third-order valence-corrected chi connectivity index (χ3v) is 2.93. The van der Waals surface area contributed by atoms with Crippen LogP contribution in [0.1, 0.15) is 17.3 Å². The summed E-state index contributed by atoms with van der Waals surface area (Å²) in [6.45, 7) is 2.00. The van der Waals surface area contributed by atoms with Crippen molar-refractivity contribution < 1.29 is 19.6 Å². The highest BCUT2D eigenvalue weighted by atomic mass is 16.6. The van der Waals surface area contributed by atoms with E-state index in [0.29, 0.717) is 6.54 Å². The highest BCUT2D eigenvalue weighted by molar-refractivity contribution is 5.93. The molecule has 1 amide bonds. The maximum atomic E-state index is 11.5. The van der Waals surface area contributed by atoms with Gasteiger partial charge in [-0.25, -0.2) is 9.78 Å². The van der Waals surface area contributed by atoms with Crippen molar-refractivity contribution in [2.75, 3.05) is 25.5 Å². The van der Waals surface area contributed by atoms with Crippen LogP contribution in [0.15, 0.2) is 12.3 Å². The molecule has 9 nitrogen and oxygen atoms in total. The van der Waals surface area contributed by atoms with Gasteiger partial charge in [0.05, 0.1) is 10.8 Å². The Labute approximate surface area is 120 Å². The van der Waals surface area contributed by atoms with Crippen LogP contribution < -0.4 is 10.2 Å². The van der Waals surface area contributed by atoms with Gasteiger partial charge in [0.2, 0.25) is 5.91 Å². The van der Waals surface area contributed by atoms with E-state index in [4.69, 9.17) is 5.11 Å². The molecule has 1 aromatic rings. The normalized spacial score (nSPS) is 11.6. The number of carbonyl (C=O) groups excluding carboxylic acids is 1.